The predicted molar refractivity (Wildman–Crippen MR) is 112 cm³/mol. The van der Waals surface area contributed by atoms with Crippen LogP contribution in [0, 0.1) is 6.92 Å². The highest BCUT2D eigenvalue weighted by atomic mass is 16.5. The molecule has 0 radical (unpaired) electrons. The topological polar surface area (TPSA) is 60.2 Å². The fourth-order valence-corrected chi connectivity index (χ4v) is 3.62. The third-order valence-electron chi connectivity index (χ3n) is 5.14. The van der Waals surface area contributed by atoms with Crippen LogP contribution in [0.15, 0.2) is 84.9 Å². The Morgan fingerprint density at radius 3 is 1.90 bits per heavy atom. The second kappa shape index (κ2) is 7.89. The molecule has 0 aliphatic carbocycles. The molecule has 1 heterocycles. The Kier molecular flexibility index (Phi) is 5.14. The first-order valence-corrected chi connectivity index (χ1v) is 9.50. The number of benzene rings is 3. The Morgan fingerprint density at radius 2 is 1.38 bits per heavy atom. The number of ether oxygens (including phenoxy) is 1. The van der Waals surface area contributed by atoms with Gasteiger partial charge >= 0.3 is 0 Å². The Hall–Kier alpha value is -3.44. The van der Waals surface area contributed by atoms with E-state index in [2.05, 4.69) is 10.2 Å². The predicted octanol–water partition coefficient (Wildman–Crippen LogP) is 4.06. The summed E-state index contributed by atoms with van der Waals surface area (Å²) in [4.78, 5) is 0. The van der Waals surface area contributed by atoms with Crippen LogP contribution in [0.3, 0.4) is 0 Å². The van der Waals surface area contributed by atoms with Gasteiger partial charge in [-0.05, 0) is 42.3 Å². The van der Waals surface area contributed by atoms with E-state index in [1.54, 1.807) is 7.11 Å². The number of rotatable bonds is 6. The highest BCUT2D eigenvalue weighted by molar-refractivity contribution is 5.41. The van der Waals surface area contributed by atoms with Crippen LogP contribution in [-0.2, 0) is 12.0 Å². The molecule has 0 spiro atoms. The first kappa shape index (κ1) is 18.9. The van der Waals surface area contributed by atoms with Gasteiger partial charge in [0.15, 0.2) is 0 Å². The highest BCUT2D eigenvalue weighted by Crippen LogP contribution is 2.33. The largest absolute Gasteiger partial charge is 0.497 e. The average molecular weight is 385 g/mol. The minimum atomic E-state index is -1.23. The lowest BCUT2D eigenvalue weighted by atomic mass is 9.83. The third-order valence-corrected chi connectivity index (χ3v) is 5.14. The van der Waals surface area contributed by atoms with Gasteiger partial charge in [0.1, 0.15) is 23.0 Å². The monoisotopic (exact) mass is 385 g/mol. The van der Waals surface area contributed by atoms with Gasteiger partial charge in [-0.2, -0.15) is 0 Å². The second-order valence-corrected chi connectivity index (χ2v) is 6.97. The van der Waals surface area contributed by atoms with Crippen LogP contribution in [0.4, 0.5) is 0 Å². The molecule has 0 unspecified atom stereocenters. The van der Waals surface area contributed by atoms with Gasteiger partial charge in [-0.15, -0.1) is 10.2 Å². The van der Waals surface area contributed by atoms with E-state index < -0.39 is 5.60 Å². The molecule has 0 saturated heterocycles. The summed E-state index contributed by atoms with van der Waals surface area (Å²) in [7, 11) is 1.64. The van der Waals surface area contributed by atoms with Gasteiger partial charge in [0.05, 0.1) is 7.11 Å². The van der Waals surface area contributed by atoms with E-state index in [9.17, 15) is 5.11 Å². The van der Waals surface area contributed by atoms with Crippen LogP contribution in [0.25, 0.3) is 5.69 Å². The first-order valence-electron chi connectivity index (χ1n) is 9.50. The zero-order valence-corrected chi connectivity index (χ0v) is 16.5. The molecule has 4 rings (SSSR count). The van der Waals surface area contributed by atoms with Gasteiger partial charge in [-0.3, -0.25) is 4.57 Å². The Balaban J connectivity index is 1.80. The summed E-state index contributed by atoms with van der Waals surface area (Å²) in [5.41, 5.74) is 1.32. The number of aryl methyl sites for hydroxylation is 1. The van der Waals surface area contributed by atoms with Crippen LogP contribution >= 0.6 is 0 Å². The van der Waals surface area contributed by atoms with Crippen molar-refractivity contribution in [2.24, 2.45) is 0 Å². The normalized spacial score (nSPS) is 11.4. The number of hydrogen-bond acceptors (Lipinski definition) is 4. The minimum absolute atomic E-state index is 0.286. The van der Waals surface area contributed by atoms with E-state index in [4.69, 9.17) is 4.74 Å². The molecule has 0 fully saturated rings. The van der Waals surface area contributed by atoms with Gasteiger partial charge in [0.2, 0.25) is 0 Å². The van der Waals surface area contributed by atoms with Crippen molar-refractivity contribution < 1.29 is 9.84 Å². The molecule has 0 amide bonds. The van der Waals surface area contributed by atoms with Crippen molar-refractivity contribution in [3.63, 3.8) is 0 Å². The fourth-order valence-electron chi connectivity index (χ4n) is 3.62. The zero-order chi connectivity index (χ0) is 20.3. The maximum absolute atomic E-state index is 11.9. The van der Waals surface area contributed by atoms with Crippen molar-refractivity contribution in [1.29, 1.82) is 0 Å². The Bertz CT molecular complexity index is 1030. The van der Waals surface area contributed by atoms with Crippen molar-refractivity contribution >= 4 is 0 Å². The third kappa shape index (κ3) is 3.65. The summed E-state index contributed by atoms with van der Waals surface area (Å²) >= 11 is 0. The maximum Gasteiger partial charge on any atom is 0.141 e. The lowest BCUT2D eigenvalue weighted by molar-refractivity contribution is 0.0784. The molecule has 5 heteroatoms. The van der Waals surface area contributed by atoms with E-state index >= 15 is 0 Å². The quantitative estimate of drug-likeness (QED) is 0.544. The summed E-state index contributed by atoms with van der Waals surface area (Å²) in [6.45, 7) is 1.91. The number of methoxy groups -OCH3 is 1. The molecule has 1 aromatic heterocycles. The number of hydrogen-bond donors (Lipinski definition) is 1. The van der Waals surface area contributed by atoms with Crippen LogP contribution in [0.5, 0.6) is 5.75 Å². The van der Waals surface area contributed by atoms with E-state index in [1.165, 1.54) is 0 Å². The smallest absolute Gasteiger partial charge is 0.141 e. The number of aliphatic hydroxyl groups is 1. The first-order chi connectivity index (χ1) is 14.1. The van der Waals surface area contributed by atoms with E-state index in [0.717, 1.165) is 28.4 Å². The summed E-state index contributed by atoms with van der Waals surface area (Å²) in [6, 6.07) is 27.1. The standard InChI is InChI=1S/C24H23N3O2/c1-18-25-26-23(27(18)21-13-15-22(29-2)16-14-21)17-24(28,19-9-5-3-6-10-19)20-11-7-4-8-12-20/h3-16,28H,17H2,1-2H3. The molecule has 0 aliphatic heterocycles. The molecule has 1 N–H and O–H groups in total. The van der Waals surface area contributed by atoms with Gasteiger partial charge < -0.3 is 9.84 Å². The zero-order valence-electron chi connectivity index (χ0n) is 16.5. The van der Waals surface area contributed by atoms with Gasteiger partial charge in [0.25, 0.3) is 0 Å². The summed E-state index contributed by atoms with van der Waals surface area (Å²) in [6.07, 6.45) is 0.286. The van der Waals surface area contributed by atoms with Crippen LogP contribution in [-0.4, -0.2) is 27.0 Å². The summed E-state index contributed by atoms with van der Waals surface area (Å²) in [5.74, 6) is 2.22. The maximum atomic E-state index is 11.9. The van der Waals surface area contributed by atoms with Crippen molar-refractivity contribution in [3.05, 3.63) is 108 Å². The van der Waals surface area contributed by atoms with Crippen molar-refractivity contribution in [3.8, 4) is 11.4 Å². The van der Waals surface area contributed by atoms with Gasteiger partial charge in [0, 0.05) is 12.1 Å². The number of aromatic nitrogens is 3. The van der Waals surface area contributed by atoms with Crippen molar-refractivity contribution in [2.45, 2.75) is 18.9 Å². The Labute approximate surface area is 170 Å². The van der Waals surface area contributed by atoms with E-state index in [0.29, 0.717) is 5.82 Å². The molecule has 5 nitrogen and oxygen atoms in total. The Morgan fingerprint density at radius 1 is 0.828 bits per heavy atom. The van der Waals surface area contributed by atoms with Gasteiger partial charge in [-0.25, -0.2) is 0 Å². The minimum Gasteiger partial charge on any atom is -0.497 e. The number of nitrogens with zero attached hydrogens (tertiary/aromatic N) is 3. The van der Waals surface area contributed by atoms with Crippen LogP contribution < -0.4 is 4.74 Å². The molecule has 0 aliphatic rings. The van der Waals surface area contributed by atoms with E-state index in [-0.39, 0.29) is 6.42 Å². The van der Waals surface area contributed by atoms with E-state index in [1.807, 2.05) is 96.4 Å². The molecular weight excluding hydrogens is 362 g/mol. The van der Waals surface area contributed by atoms with Crippen molar-refractivity contribution in [2.75, 3.05) is 7.11 Å². The van der Waals surface area contributed by atoms with Crippen LogP contribution in [0.1, 0.15) is 22.8 Å². The lowest BCUT2D eigenvalue weighted by Gasteiger charge is -2.29. The lowest BCUT2D eigenvalue weighted by Crippen LogP contribution is -2.31. The fraction of sp³-hybridized carbons (Fsp3) is 0.167. The van der Waals surface area contributed by atoms with Crippen LogP contribution in [0.2, 0.25) is 0 Å². The van der Waals surface area contributed by atoms with Crippen molar-refractivity contribution in [1.82, 2.24) is 14.8 Å². The molecule has 4 aromatic rings. The highest BCUT2D eigenvalue weighted by Gasteiger charge is 2.34. The molecule has 29 heavy (non-hydrogen) atoms. The average Bonchev–Trinajstić information content (AvgIpc) is 3.14. The molecular formula is C24H23N3O2. The summed E-state index contributed by atoms with van der Waals surface area (Å²) < 4.78 is 7.23. The second-order valence-electron chi connectivity index (χ2n) is 6.97. The summed E-state index contributed by atoms with van der Waals surface area (Å²) in [5, 5.41) is 20.5. The molecule has 146 valence electrons. The van der Waals surface area contributed by atoms with Gasteiger partial charge in [-0.1, -0.05) is 60.7 Å². The SMILES string of the molecule is COc1ccc(-n2c(C)nnc2CC(O)(c2ccccc2)c2ccccc2)cc1. The molecule has 0 bridgehead atoms. The molecule has 0 atom stereocenters. The molecule has 0 saturated carbocycles. The molecule has 3 aromatic carbocycles.